The van der Waals surface area contributed by atoms with E-state index in [1.165, 1.54) is 94.7 Å². The summed E-state index contributed by atoms with van der Waals surface area (Å²) in [6.07, 6.45) is 16.9. The number of aromatic carboxylic acids is 1. The molecule has 4 aromatic heterocycles. The van der Waals surface area contributed by atoms with Gasteiger partial charge in [-0.3, -0.25) is 43.2 Å². The van der Waals surface area contributed by atoms with Crippen molar-refractivity contribution in [1.82, 2.24) is 20.9 Å². The topological polar surface area (TPSA) is 402 Å². The summed E-state index contributed by atoms with van der Waals surface area (Å²) < 4.78 is 53.9. The van der Waals surface area contributed by atoms with Crippen molar-refractivity contribution in [3.05, 3.63) is 124 Å². The van der Waals surface area contributed by atoms with Crippen LogP contribution in [0.15, 0.2) is 78.9 Å². The van der Waals surface area contributed by atoms with Gasteiger partial charge in [0, 0.05) is 94.7 Å². The minimum Gasteiger partial charge on any atom is -0.503 e. The van der Waals surface area contributed by atoms with E-state index >= 15 is 0 Å². The number of amides is 5. The highest BCUT2D eigenvalue weighted by Gasteiger charge is 2.37. The number of nitrogens with zero attached hydrogens (tertiary/aromatic N) is 1. The number of ketones is 4. The molecule has 132 heavy (non-hydrogen) atoms. The molecule has 1 aromatic carbocycles. The maximum absolute atomic E-state index is 12.8. The third kappa shape index (κ3) is 55.7. The number of carboxylic acids is 1. The molecule has 750 valence electrons. The molecule has 7 rings (SSSR count). The van der Waals surface area contributed by atoms with Crippen LogP contribution in [-0.2, 0) is 35.1 Å². The zero-order valence-electron chi connectivity index (χ0n) is 86.5. The van der Waals surface area contributed by atoms with Gasteiger partial charge in [-0.05, 0) is 186 Å². The largest absolute Gasteiger partial charge is 0.503 e. The second-order valence-corrected chi connectivity index (χ2v) is 41.1. The molecule has 5 heterocycles. The number of phenolic OH excluding ortho intramolecular Hbond substituents is 1. The zero-order valence-corrected chi connectivity index (χ0v) is 87.3. The number of terminal acetylenes is 1. The van der Waals surface area contributed by atoms with Gasteiger partial charge in [0.2, 0.25) is 46.7 Å². The van der Waals surface area contributed by atoms with Gasteiger partial charge in [0.05, 0.1) is 49.4 Å². The maximum Gasteiger partial charge on any atom is 0.373 e. The first kappa shape index (κ1) is 129. The second-order valence-electron chi connectivity index (χ2n) is 40.8. The summed E-state index contributed by atoms with van der Waals surface area (Å²) in [6, 6.07) is 9.25. The number of rotatable bonds is 26. The third-order valence-electron chi connectivity index (χ3n) is 19.2. The molecule has 0 unspecified atom stereocenters. The molecule has 1 saturated carbocycles. The van der Waals surface area contributed by atoms with E-state index in [4.69, 9.17) is 52.3 Å². The van der Waals surface area contributed by atoms with Crippen molar-refractivity contribution >= 4 is 82.2 Å². The summed E-state index contributed by atoms with van der Waals surface area (Å²) in [6.45, 7) is 70.1. The van der Waals surface area contributed by atoms with Gasteiger partial charge in [0.25, 0.3) is 5.91 Å². The van der Waals surface area contributed by atoms with Crippen molar-refractivity contribution in [2.75, 3.05) is 33.3 Å². The number of furan rings is 4. The predicted molar refractivity (Wildman–Crippen MR) is 518 cm³/mol. The van der Waals surface area contributed by atoms with Crippen LogP contribution in [0.1, 0.15) is 370 Å². The lowest BCUT2D eigenvalue weighted by Gasteiger charge is -2.42. The Labute approximate surface area is 792 Å². The summed E-state index contributed by atoms with van der Waals surface area (Å²) in [5.74, 6) is 1.42. The van der Waals surface area contributed by atoms with Gasteiger partial charge in [0.1, 0.15) is 18.8 Å². The van der Waals surface area contributed by atoms with Crippen molar-refractivity contribution in [3.8, 4) is 18.1 Å². The Kier molecular flexibility index (Phi) is 61.0. The standard InChI is InChI=1S/C12H23NO.C10H20ClNO.C10H12F2O.C10H21NO2.C10H21NO.2C10H12O4.C9H11NO3.C9H10O4.C7H14.C6H10/c1-9(2)10-7-6-8-13(11(10)14)12(3,4)5;1-7(2)8(6-11)9(13)12-10(3,4)5;1-6(2)3-7-4-8(11)10(13)9(12)5-7;1-7(2)8(6-12)9(13)11-10(3,4)5;1-7(2)8(3)9(12)11-10(4,5)6;1-6(2)9(11)7-4-8(14-5-7)10(12)13-3;1-6(2)9(11)7-4-5-8(14-7)10(12)13-3;1-5(2)8(11)6-3-7(9(10)12)13-4-6;1-5(2)8(10)6-3-7(9(11)12)13-4-6;1-6(2)5-7-3-4-7;1-4-5-6(2)3/h9-10H,6-8H2,1-5H3;7-8H,6H2,1-5H3,(H,12,13);4-6,13H,3H2,1-2H3;7-8,12H,6H2,1-5H3,(H,11,13);7-8H,1-6H3,(H,11,12);2*4-6H,1-3H3;3-5H,1-2H3,(H2,10,12);3-5H,1-2H3,(H,11,12);6-7H,3-5H2,1-2H3;1,6H,5H2,2-3H3/t10-;8-;;2*8-;;;;;;/m11.11....../s1. The number of carboxylic acid groups (broad SMARTS) is 1. The summed E-state index contributed by atoms with van der Waals surface area (Å²) in [7, 11) is 2.52. The fraction of sp³-hybridized carbons (Fsp3) is 0.650. The Morgan fingerprint density at radius 3 is 1.20 bits per heavy atom. The molecular weight excluding hydrogens is 1720 g/mol. The van der Waals surface area contributed by atoms with Crippen LogP contribution in [0.25, 0.3) is 0 Å². The quantitative estimate of drug-likeness (QED) is 0.0117. The number of carbonyl (C=O) groups is 12. The van der Waals surface area contributed by atoms with Crippen LogP contribution in [0, 0.1) is 119 Å². The van der Waals surface area contributed by atoms with Crippen molar-refractivity contribution in [1.29, 1.82) is 0 Å². The average Bonchev–Trinajstić information content (AvgIpc) is 1.73. The predicted octanol–water partition coefficient (Wildman–Crippen LogP) is 22.3. The molecule has 0 radical (unpaired) electrons. The molecule has 26 nitrogen and oxygen atoms in total. The average molecular weight is 1880 g/mol. The number of esters is 2. The SMILES string of the molecule is C#CCC(C)C.CC(C)C(=O)c1coc(C(=O)O)c1.CC(C)C(=O)c1coc(C(N)=O)c1.CC(C)CC1CC1.CC(C)Cc1cc(F)c(O)c(F)c1.CC(C)[C@@H](C)C(=O)NC(C)(C)C.CC(C)[C@@H](CCl)C(=O)NC(C)(C)C.CC(C)[C@@H](CO)C(=O)NC(C)(C)C.CC(C)[C@H]1CCCN(C(C)(C)C)C1=O.COC(=O)c1cc(C(=O)C(C)C)co1.COC(=O)c1ccc(C(=O)C(C)C)o1. The molecule has 5 aromatic rings. The summed E-state index contributed by atoms with van der Waals surface area (Å²) in [5.41, 5.74) is 6.13. The number of carbonyl (C=O) groups excluding carboxylic acids is 11. The van der Waals surface area contributed by atoms with Crippen molar-refractivity contribution < 1.29 is 109 Å². The Balaban J connectivity index is -0.000000687. The lowest BCUT2D eigenvalue weighted by atomic mass is 9.85. The smallest absolute Gasteiger partial charge is 0.373 e. The molecule has 1 aliphatic heterocycles. The fourth-order valence-electron chi connectivity index (χ4n) is 11.3. The number of phenols is 1. The van der Waals surface area contributed by atoms with Crippen LogP contribution in [0.5, 0.6) is 5.75 Å². The van der Waals surface area contributed by atoms with Crippen LogP contribution in [0.2, 0.25) is 0 Å². The number of aliphatic hydroxyl groups excluding tert-OH is 1. The Morgan fingerprint density at radius 2 is 0.909 bits per heavy atom. The normalized spacial score (nSPS) is 13.6. The Morgan fingerprint density at radius 1 is 0.530 bits per heavy atom. The lowest BCUT2D eigenvalue weighted by Crippen LogP contribution is -2.52. The minimum atomic E-state index is -1.16. The van der Waals surface area contributed by atoms with Crippen LogP contribution in [-0.4, -0.2) is 146 Å². The van der Waals surface area contributed by atoms with Crippen LogP contribution >= 0.6 is 11.6 Å². The fourth-order valence-corrected chi connectivity index (χ4v) is 11.8. The molecule has 1 saturated heterocycles. The number of primary amides is 1. The third-order valence-corrected chi connectivity index (χ3v) is 19.6. The summed E-state index contributed by atoms with van der Waals surface area (Å²) >= 11 is 5.73. The number of Topliss-reactive ketones (excluding diaryl/α,β-unsaturated/α-hetero) is 4. The molecule has 4 atom stereocenters. The van der Waals surface area contributed by atoms with Crippen molar-refractivity contribution in [2.45, 2.75) is 309 Å². The number of aliphatic hydroxyl groups is 1. The molecular formula is C103H166ClF2N5O21. The molecule has 8 N–H and O–H groups in total. The summed E-state index contributed by atoms with van der Waals surface area (Å²) in [4.78, 5) is 137. The van der Waals surface area contributed by atoms with E-state index in [1.54, 1.807) is 55.4 Å². The number of hydrogen-bond donors (Lipinski definition) is 7. The van der Waals surface area contributed by atoms with Crippen molar-refractivity contribution in [3.63, 3.8) is 0 Å². The molecule has 29 heteroatoms. The highest BCUT2D eigenvalue weighted by molar-refractivity contribution is 6.19. The number of benzene rings is 1. The number of ether oxygens (including phenoxy) is 2. The molecule has 5 amide bonds. The first-order valence-electron chi connectivity index (χ1n) is 45.6. The monoisotopic (exact) mass is 1880 g/mol. The molecule has 2 fully saturated rings. The Bertz CT molecular complexity index is 4140. The number of aromatic hydroxyl groups is 1. The molecule has 0 spiro atoms. The van der Waals surface area contributed by atoms with Crippen LogP contribution < -0.4 is 21.7 Å². The number of hydrogen-bond acceptors (Lipinski definition) is 20. The van der Waals surface area contributed by atoms with Gasteiger partial charge in [-0.15, -0.1) is 23.9 Å². The maximum atomic E-state index is 12.8. The number of alkyl halides is 1. The van der Waals surface area contributed by atoms with Gasteiger partial charge in [-0.25, -0.2) is 23.2 Å². The molecule has 2 aliphatic rings. The van der Waals surface area contributed by atoms with E-state index in [9.17, 15) is 66.3 Å². The zero-order chi connectivity index (χ0) is 104. The molecule has 0 bridgehead atoms. The number of methoxy groups -OCH3 is 2. The van der Waals surface area contributed by atoms with E-state index in [0.29, 0.717) is 70.1 Å². The number of halogens is 3. The number of nitrogens with one attached hydrogen (secondary N) is 3. The van der Waals surface area contributed by atoms with Gasteiger partial charge < -0.3 is 69.0 Å². The Hall–Kier alpha value is -9.75. The van der Waals surface area contributed by atoms with Crippen LogP contribution in [0.4, 0.5) is 8.78 Å². The van der Waals surface area contributed by atoms with Gasteiger partial charge >= 0.3 is 17.9 Å². The van der Waals surface area contributed by atoms with Gasteiger partial charge in [-0.1, -0.05) is 172 Å². The van der Waals surface area contributed by atoms with Gasteiger partial charge in [-0.2, -0.15) is 0 Å². The number of nitrogens with two attached hydrogens (primary N) is 1. The van der Waals surface area contributed by atoms with E-state index < -0.39 is 41.2 Å². The summed E-state index contributed by atoms with van der Waals surface area (Å²) in [5, 5.41) is 35.1. The first-order valence-corrected chi connectivity index (χ1v) is 46.2. The lowest BCUT2D eigenvalue weighted by molar-refractivity contribution is -0.145. The highest BCUT2D eigenvalue weighted by atomic mass is 35.5. The van der Waals surface area contributed by atoms with Crippen molar-refractivity contribution in [2.24, 2.45) is 100 Å². The van der Waals surface area contributed by atoms with Crippen LogP contribution in [0.3, 0.4) is 0 Å². The number of piperidine rings is 1. The van der Waals surface area contributed by atoms with E-state index in [0.717, 1.165) is 37.6 Å². The first-order chi connectivity index (χ1) is 60.3. The minimum absolute atomic E-state index is 0.00928. The molecule has 1 aliphatic carbocycles. The van der Waals surface area contributed by atoms with E-state index in [2.05, 4.69) is 112 Å². The number of likely N-dealkylation sites (tertiary alicyclic amines) is 1. The second kappa shape index (κ2) is 62.7. The highest BCUT2D eigenvalue weighted by Crippen LogP contribution is 2.35. The van der Waals surface area contributed by atoms with E-state index in [1.807, 2.05) is 116 Å². The van der Waals surface area contributed by atoms with E-state index in [-0.39, 0.29) is 152 Å². The van der Waals surface area contributed by atoms with Gasteiger partial charge in [0.15, 0.2) is 46.3 Å².